The van der Waals surface area contributed by atoms with Gasteiger partial charge in [-0.15, -0.1) is 33.1 Å². The molecule has 0 atom stereocenters. The first-order valence-corrected chi connectivity index (χ1v) is 25.4. The summed E-state index contributed by atoms with van der Waals surface area (Å²) in [6.07, 6.45) is 0. The molecular weight excluding hydrogens is 947 g/mol. The number of rotatable bonds is 18. The first-order valence-electron chi connectivity index (χ1n) is 20.3. The van der Waals surface area contributed by atoms with Crippen LogP contribution in [-0.4, -0.2) is 94.2 Å². The fraction of sp³-hybridized carbons (Fsp3) is 0.293. The molecule has 0 unspecified atom stereocenters. The highest BCUT2D eigenvalue weighted by Crippen LogP contribution is 2.39. The molecule has 0 fully saturated rings. The van der Waals surface area contributed by atoms with Crippen molar-refractivity contribution in [3.63, 3.8) is 0 Å². The van der Waals surface area contributed by atoms with Crippen molar-refractivity contribution in [1.82, 2.24) is 24.9 Å². The zero-order valence-corrected chi connectivity index (χ0v) is 40.6. The van der Waals surface area contributed by atoms with Crippen LogP contribution in [0.15, 0.2) is 97.2 Å². The van der Waals surface area contributed by atoms with Gasteiger partial charge in [0.25, 0.3) is 10.1 Å². The van der Waals surface area contributed by atoms with Gasteiger partial charge in [0.05, 0.1) is 43.3 Å². The largest absolute Gasteiger partial charge is 0.425 e. The number of benzene rings is 4. The zero-order valence-electron chi connectivity index (χ0n) is 36.5. The lowest BCUT2D eigenvalue weighted by molar-refractivity contribution is 0.322. The van der Waals surface area contributed by atoms with E-state index in [-0.39, 0.29) is 23.4 Å². The number of nitrogens with zero attached hydrogens (tertiary/aromatic N) is 11. The van der Waals surface area contributed by atoms with Crippen molar-refractivity contribution in [3.05, 3.63) is 77.9 Å². The van der Waals surface area contributed by atoms with E-state index in [9.17, 15) is 18.1 Å². The van der Waals surface area contributed by atoms with Crippen LogP contribution in [0.3, 0.4) is 0 Å². The average molecular weight is 992 g/mol. The smallest absolute Gasteiger partial charge is 0.396 e. The highest BCUT2D eigenvalue weighted by molar-refractivity contribution is 7.99. The number of thiazole rings is 2. The minimum absolute atomic E-state index is 0.0809. The number of aryl methyl sites for hydroxylation is 2. The Labute approximate surface area is 394 Å². The van der Waals surface area contributed by atoms with E-state index in [4.69, 9.17) is 27.6 Å². The molecule has 0 saturated carbocycles. The van der Waals surface area contributed by atoms with Gasteiger partial charge in [0.2, 0.25) is 22.2 Å². The third-order valence-corrected chi connectivity index (χ3v) is 13.7. The van der Waals surface area contributed by atoms with Gasteiger partial charge in [0, 0.05) is 43.3 Å². The molecule has 7 aromatic rings. The van der Waals surface area contributed by atoms with Gasteiger partial charge in [-0.3, -0.25) is 4.55 Å². The van der Waals surface area contributed by atoms with Gasteiger partial charge in [-0.1, -0.05) is 46.6 Å². The molecule has 20 nitrogen and oxygen atoms in total. The zero-order chi connectivity index (χ0) is 47.5. The van der Waals surface area contributed by atoms with E-state index in [0.29, 0.717) is 59.7 Å². The summed E-state index contributed by atoms with van der Waals surface area (Å²) in [5, 5.41) is 35.8. The molecule has 0 aliphatic carbocycles. The lowest BCUT2D eigenvalue weighted by atomic mass is 10.2. The Balaban J connectivity index is 0.00000173. The molecule has 3 heterocycles. The molecule has 4 aromatic carbocycles. The molecule has 4 N–H and O–H groups in total. The normalized spacial score (nSPS) is 11.6. The summed E-state index contributed by atoms with van der Waals surface area (Å²) in [6, 6.07) is 20.4. The summed E-state index contributed by atoms with van der Waals surface area (Å²) in [7, 11) is -7.53. The van der Waals surface area contributed by atoms with Crippen LogP contribution in [0, 0.1) is 13.8 Å². The lowest BCUT2D eigenvalue weighted by Crippen LogP contribution is -2.21. The molecule has 3 aromatic heterocycles. The predicted molar refractivity (Wildman–Crippen MR) is 261 cm³/mol. The number of aromatic nitrogens is 5. The monoisotopic (exact) mass is 991 g/mol. The van der Waals surface area contributed by atoms with Crippen LogP contribution >= 0.6 is 34.4 Å². The molecule has 0 saturated heterocycles. The van der Waals surface area contributed by atoms with E-state index in [0.717, 1.165) is 64.7 Å². The van der Waals surface area contributed by atoms with Crippen LogP contribution in [0.2, 0.25) is 0 Å². The molecule has 0 aliphatic rings. The van der Waals surface area contributed by atoms with Gasteiger partial charge >= 0.3 is 10.6 Å². The van der Waals surface area contributed by atoms with Crippen LogP contribution in [-0.2, 0) is 20.7 Å². The summed E-state index contributed by atoms with van der Waals surface area (Å²) >= 11 is 3.91. The van der Waals surface area contributed by atoms with E-state index >= 15 is 0 Å². The molecule has 0 spiro atoms. The van der Waals surface area contributed by atoms with Crippen LogP contribution in [0.25, 0.3) is 20.4 Å². The molecule has 0 aliphatic heterocycles. The van der Waals surface area contributed by atoms with Crippen molar-refractivity contribution in [3.8, 4) is 0 Å². The predicted octanol–water partition coefficient (Wildman–Crippen LogP) is 10.0. The number of azo groups is 2. The molecule has 0 bridgehead atoms. The number of hydrogen-bond donors (Lipinski definition) is 4. The lowest BCUT2D eigenvalue weighted by Gasteiger charge is -2.22. The second-order valence-electron chi connectivity index (χ2n) is 13.9. The van der Waals surface area contributed by atoms with E-state index in [2.05, 4.69) is 78.6 Å². The number of aliphatic hydroxyl groups excluding tert-OH is 1. The Kier molecular flexibility index (Phi) is 16.7. The molecule has 346 valence electrons. The van der Waals surface area contributed by atoms with Gasteiger partial charge in [-0.2, -0.15) is 23.4 Å². The van der Waals surface area contributed by atoms with Crippen molar-refractivity contribution in [2.45, 2.75) is 51.6 Å². The van der Waals surface area contributed by atoms with E-state index in [1.165, 1.54) is 35.2 Å². The van der Waals surface area contributed by atoms with Gasteiger partial charge in [0.15, 0.2) is 5.16 Å². The Hall–Kier alpha value is -6.09. The van der Waals surface area contributed by atoms with E-state index in [1.54, 1.807) is 6.92 Å². The second-order valence-corrected chi connectivity index (χ2v) is 18.7. The Morgan fingerprint density at radius 2 is 1.18 bits per heavy atom. The maximum absolute atomic E-state index is 11.9. The SMILES string of the molecule is CCN(CC)c1ccc(N=Nc2nc3cccc(C)c3s2)c(Nc2nc(Nc3cc(N(CC)CC)ccc3N=Nc3nc4ccc(S(=O)(=O)O)c(C)c4s3)nc(SCCO)n2)c1.O=S(=O)=O. The van der Waals surface area contributed by atoms with Gasteiger partial charge in [-0.25, -0.2) is 9.97 Å². The quantitative estimate of drug-likeness (QED) is 0.0354. The highest BCUT2D eigenvalue weighted by Gasteiger charge is 2.19. The van der Waals surface area contributed by atoms with Crippen molar-refractivity contribution < 1.29 is 30.7 Å². The molecular formula is C41H45N13O7S5. The van der Waals surface area contributed by atoms with Gasteiger partial charge in [-0.05, 0) is 107 Å². The van der Waals surface area contributed by atoms with Crippen molar-refractivity contribution >= 4 is 132 Å². The minimum Gasteiger partial charge on any atom is -0.396 e. The Morgan fingerprint density at radius 3 is 1.65 bits per heavy atom. The minimum atomic E-state index is -4.42. The summed E-state index contributed by atoms with van der Waals surface area (Å²) in [5.41, 5.74) is 6.95. The molecule has 0 radical (unpaired) electrons. The standard InChI is InChI=1S/C41H45N13O4S4.O3S/c1-7-53(8-2)26-14-16-28(49-51-40-44-30-13-11-12-24(5)35(30)60-40)32(22-26)42-37-46-38(48-39(47-37)59-21-20-55)43-33-23-27(54(9-3)10-4)15-17-29(33)50-52-41-45-31-18-19-34(62(56,57)58)25(6)36(31)61-41;1-4(2)3/h11-19,22-23,55H,7-10,20-21H2,1-6H3,(H,56,57,58)(H2,42,43,46,47,48);. The Bertz CT molecular complexity index is 3130. The third kappa shape index (κ3) is 12.4. The number of aliphatic hydroxyl groups is 1. The first-order chi connectivity index (χ1) is 31.6. The third-order valence-electron chi connectivity index (χ3n) is 9.76. The number of thioether (sulfide) groups is 1. The number of anilines is 6. The van der Waals surface area contributed by atoms with Gasteiger partial charge in [0.1, 0.15) is 11.4 Å². The average Bonchev–Trinajstić information content (AvgIpc) is 3.91. The fourth-order valence-corrected chi connectivity index (χ4v) is 9.75. The Morgan fingerprint density at radius 1 is 0.682 bits per heavy atom. The number of fused-ring (bicyclic) bond motifs is 2. The summed E-state index contributed by atoms with van der Waals surface area (Å²) in [4.78, 5) is 27.6. The maximum Gasteiger partial charge on any atom is 0.425 e. The summed E-state index contributed by atoms with van der Waals surface area (Å²) < 4.78 is 60.5. The molecule has 66 heavy (non-hydrogen) atoms. The molecule has 0 amide bonds. The van der Waals surface area contributed by atoms with E-state index < -0.39 is 20.7 Å². The van der Waals surface area contributed by atoms with Crippen molar-refractivity contribution in [2.24, 2.45) is 20.5 Å². The van der Waals surface area contributed by atoms with E-state index in [1.807, 2.05) is 61.5 Å². The fourth-order valence-electron chi connectivity index (χ4n) is 6.63. The summed E-state index contributed by atoms with van der Waals surface area (Å²) in [6.45, 7) is 15.0. The van der Waals surface area contributed by atoms with Gasteiger partial charge < -0.3 is 25.5 Å². The van der Waals surface area contributed by atoms with Crippen molar-refractivity contribution in [2.75, 3.05) is 59.0 Å². The van der Waals surface area contributed by atoms with Crippen LogP contribution in [0.4, 0.5) is 56.3 Å². The highest BCUT2D eigenvalue weighted by atomic mass is 32.2. The maximum atomic E-state index is 11.9. The molecule has 7 rings (SSSR count). The van der Waals surface area contributed by atoms with Crippen LogP contribution < -0.4 is 20.4 Å². The molecule has 25 heteroatoms. The number of hydrogen-bond acceptors (Lipinski definition) is 22. The number of nitrogens with one attached hydrogen (secondary N) is 2. The second kappa shape index (κ2) is 22.4. The first kappa shape index (κ1) is 49.3. The summed E-state index contributed by atoms with van der Waals surface area (Å²) in [5.74, 6) is 0.785. The van der Waals surface area contributed by atoms with Crippen LogP contribution in [0.5, 0.6) is 0 Å². The topological polar surface area (TPSA) is 270 Å². The van der Waals surface area contributed by atoms with Crippen molar-refractivity contribution in [1.29, 1.82) is 0 Å². The van der Waals surface area contributed by atoms with Crippen LogP contribution in [0.1, 0.15) is 38.8 Å².